The minimum Gasteiger partial charge on any atom is -0.493 e. The van der Waals surface area contributed by atoms with E-state index in [0.717, 1.165) is 25.3 Å². The zero-order valence-electron chi connectivity index (χ0n) is 12.7. The van der Waals surface area contributed by atoms with Gasteiger partial charge in [0.15, 0.2) is 0 Å². The largest absolute Gasteiger partial charge is 0.493 e. The van der Waals surface area contributed by atoms with E-state index in [9.17, 15) is 0 Å². The van der Waals surface area contributed by atoms with E-state index >= 15 is 0 Å². The number of hydrogen-bond acceptors (Lipinski definition) is 2. The highest BCUT2D eigenvalue weighted by Crippen LogP contribution is 2.28. The Hall–Kier alpha value is -1.02. The van der Waals surface area contributed by atoms with Crippen LogP contribution >= 0.6 is 0 Å². The van der Waals surface area contributed by atoms with Crippen LogP contribution in [0.4, 0.5) is 0 Å². The summed E-state index contributed by atoms with van der Waals surface area (Å²) in [5, 5.41) is 3.59. The Morgan fingerprint density at radius 2 is 1.84 bits per heavy atom. The molecule has 0 radical (unpaired) electrons. The zero-order valence-corrected chi connectivity index (χ0v) is 12.7. The lowest BCUT2D eigenvalue weighted by Crippen LogP contribution is -2.21. The predicted molar refractivity (Wildman–Crippen MR) is 82.8 cm³/mol. The monoisotopic (exact) mass is 263 g/mol. The molecule has 108 valence electrons. The molecular weight excluding hydrogens is 234 g/mol. The Labute approximate surface area is 118 Å². The molecule has 0 aliphatic carbocycles. The molecule has 0 aliphatic rings. The second kappa shape index (κ2) is 9.85. The maximum atomic E-state index is 5.88. The van der Waals surface area contributed by atoms with E-state index in [1.807, 2.05) is 0 Å². The average molecular weight is 263 g/mol. The summed E-state index contributed by atoms with van der Waals surface area (Å²) in [4.78, 5) is 0. The highest BCUT2D eigenvalue weighted by Gasteiger charge is 2.14. The smallest absolute Gasteiger partial charge is 0.124 e. The van der Waals surface area contributed by atoms with Crippen molar-refractivity contribution in [3.05, 3.63) is 29.8 Å². The van der Waals surface area contributed by atoms with Crippen LogP contribution in [0.3, 0.4) is 0 Å². The molecule has 1 aromatic carbocycles. The van der Waals surface area contributed by atoms with Crippen LogP contribution in [0.25, 0.3) is 0 Å². The van der Waals surface area contributed by atoms with E-state index in [4.69, 9.17) is 4.74 Å². The third kappa shape index (κ3) is 5.65. The first-order valence-corrected chi connectivity index (χ1v) is 7.78. The molecule has 1 N–H and O–H groups in total. The Morgan fingerprint density at radius 1 is 1.05 bits per heavy atom. The van der Waals surface area contributed by atoms with Gasteiger partial charge in [-0.1, -0.05) is 58.2 Å². The van der Waals surface area contributed by atoms with Gasteiger partial charge in [-0.05, 0) is 25.5 Å². The molecular formula is C17H29NO. The van der Waals surface area contributed by atoms with Crippen molar-refractivity contribution in [2.24, 2.45) is 0 Å². The Bertz CT molecular complexity index is 338. The van der Waals surface area contributed by atoms with Crippen molar-refractivity contribution in [3.8, 4) is 5.75 Å². The molecule has 19 heavy (non-hydrogen) atoms. The lowest BCUT2D eigenvalue weighted by atomic mass is 9.99. The zero-order chi connectivity index (χ0) is 13.9. The van der Waals surface area contributed by atoms with Crippen LogP contribution in [-0.2, 0) is 0 Å². The Morgan fingerprint density at radius 3 is 2.53 bits per heavy atom. The van der Waals surface area contributed by atoms with Crippen molar-refractivity contribution in [2.75, 3.05) is 13.2 Å². The second-order valence-electron chi connectivity index (χ2n) is 4.99. The fourth-order valence-electron chi connectivity index (χ4n) is 2.32. The summed E-state index contributed by atoms with van der Waals surface area (Å²) in [7, 11) is 0. The molecule has 0 spiro atoms. The van der Waals surface area contributed by atoms with Crippen LogP contribution in [0.2, 0.25) is 0 Å². The molecule has 1 aromatic rings. The Kier molecular flexibility index (Phi) is 8.31. The van der Waals surface area contributed by atoms with Crippen LogP contribution < -0.4 is 10.1 Å². The number of nitrogens with one attached hydrogen (secondary N) is 1. The van der Waals surface area contributed by atoms with Crippen LogP contribution in [0, 0.1) is 0 Å². The standard InChI is InChI=1S/C17H29NO/c1-4-7-8-12-16(18-6-3)15-11-9-10-13-17(15)19-14-5-2/h9-11,13,16,18H,4-8,12,14H2,1-3H3. The maximum Gasteiger partial charge on any atom is 0.124 e. The molecule has 0 aromatic heterocycles. The van der Waals surface area contributed by atoms with Crippen molar-refractivity contribution in [3.63, 3.8) is 0 Å². The molecule has 1 atom stereocenters. The number of unbranched alkanes of at least 4 members (excludes halogenated alkanes) is 2. The van der Waals surface area contributed by atoms with E-state index < -0.39 is 0 Å². The SMILES string of the molecule is CCCCCC(NCC)c1ccccc1OCCC. The van der Waals surface area contributed by atoms with Crippen molar-refractivity contribution in [1.29, 1.82) is 0 Å². The minimum absolute atomic E-state index is 0.421. The van der Waals surface area contributed by atoms with Gasteiger partial charge in [0.25, 0.3) is 0 Å². The maximum absolute atomic E-state index is 5.88. The van der Waals surface area contributed by atoms with Gasteiger partial charge in [-0.25, -0.2) is 0 Å². The van der Waals surface area contributed by atoms with Crippen LogP contribution in [0.1, 0.15) is 64.5 Å². The molecule has 0 aliphatic heterocycles. The molecule has 2 nitrogen and oxygen atoms in total. The number of rotatable bonds is 10. The molecule has 0 amide bonds. The molecule has 0 fully saturated rings. The van der Waals surface area contributed by atoms with E-state index in [2.05, 4.69) is 50.4 Å². The summed E-state index contributed by atoms with van der Waals surface area (Å²) in [6.07, 6.45) is 6.09. The van der Waals surface area contributed by atoms with Crippen LogP contribution in [0.15, 0.2) is 24.3 Å². The molecule has 0 bridgehead atoms. The summed E-state index contributed by atoms with van der Waals surface area (Å²) < 4.78 is 5.88. The van der Waals surface area contributed by atoms with E-state index in [1.54, 1.807) is 0 Å². The molecule has 0 saturated carbocycles. The third-order valence-corrected chi connectivity index (χ3v) is 3.30. The topological polar surface area (TPSA) is 21.3 Å². The van der Waals surface area contributed by atoms with Gasteiger partial charge in [0, 0.05) is 11.6 Å². The minimum atomic E-state index is 0.421. The fraction of sp³-hybridized carbons (Fsp3) is 0.647. The van der Waals surface area contributed by atoms with Gasteiger partial charge in [0.2, 0.25) is 0 Å². The summed E-state index contributed by atoms with van der Waals surface area (Å²) >= 11 is 0. The number of hydrogen-bond donors (Lipinski definition) is 1. The lowest BCUT2D eigenvalue weighted by molar-refractivity contribution is 0.308. The molecule has 1 unspecified atom stereocenters. The first-order valence-electron chi connectivity index (χ1n) is 7.78. The van der Waals surface area contributed by atoms with Crippen LogP contribution in [0.5, 0.6) is 5.75 Å². The summed E-state index contributed by atoms with van der Waals surface area (Å²) in [6.45, 7) is 8.36. The number of para-hydroxylation sites is 1. The van der Waals surface area contributed by atoms with Gasteiger partial charge in [-0.15, -0.1) is 0 Å². The molecule has 1 rings (SSSR count). The molecule has 0 saturated heterocycles. The highest BCUT2D eigenvalue weighted by atomic mass is 16.5. The molecule has 0 heterocycles. The quantitative estimate of drug-likeness (QED) is 0.617. The van der Waals surface area contributed by atoms with Crippen molar-refractivity contribution < 1.29 is 4.74 Å². The highest BCUT2D eigenvalue weighted by molar-refractivity contribution is 5.36. The van der Waals surface area contributed by atoms with Gasteiger partial charge in [0.1, 0.15) is 5.75 Å². The van der Waals surface area contributed by atoms with Crippen molar-refractivity contribution in [2.45, 2.75) is 58.9 Å². The lowest BCUT2D eigenvalue weighted by Gasteiger charge is -2.21. The molecule has 2 heteroatoms. The summed E-state index contributed by atoms with van der Waals surface area (Å²) in [5.74, 6) is 1.05. The first-order chi connectivity index (χ1) is 9.33. The van der Waals surface area contributed by atoms with E-state index in [1.165, 1.54) is 31.2 Å². The predicted octanol–water partition coefficient (Wildman–Crippen LogP) is 4.71. The number of ether oxygens (including phenoxy) is 1. The Balaban J connectivity index is 2.75. The summed E-state index contributed by atoms with van der Waals surface area (Å²) in [5.41, 5.74) is 1.31. The second-order valence-corrected chi connectivity index (χ2v) is 4.99. The van der Waals surface area contributed by atoms with Gasteiger partial charge in [0.05, 0.1) is 6.61 Å². The van der Waals surface area contributed by atoms with Gasteiger partial charge in [-0.2, -0.15) is 0 Å². The summed E-state index contributed by atoms with van der Waals surface area (Å²) in [6, 6.07) is 8.88. The third-order valence-electron chi connectivity index (χ3n) is 3.30. The fourth-order valence-corrected chi connectivity index (χ4v) is 2.32. The normalized spacial score (nSPS) is 12.4. The van der Waals surface area contributed by atoms with Gasteiger partial charge in [-0.3, -0.25) is 0 Å². The van der Waals surface area contributed by atoms with E-state index in [0.29, 0.717) is 6.04 Å². The average Bonchev–Trinajstić information content (AvgIpc) is 2.45. The van der Waals surface area contributed by atoms with Crippen molar-refractivity contribution in [1.82, 2.24) is 5.32 Å². The van der Waals surface area contributed by atoms with Gasteiger partial charge < -0.3 is 10.1 Å². The first kappa shape index (κ1) is 16.0. The number of benzene rings is 1. The van der Waals surface area contributed by atoms with Crippen molar-refractivity contribution >= 4 is 0 Å². The van der Waals surface area contributed by atoms with E-state index in [-0.39, 0.29) is 0 Å². The van der Waals surface area contributed by atoms with Crippen LogP contribution in [-0.4, -0.2) is 13.2 Å². The van der Waals surface area contributed by atoms with Gasteiger partial charge >= 0.3 is 0 Å².